The van der Waals surface area contributed by atoms with Crippen LogP contribution in [-0.2, 0) is 24.7 Å². The first kappa shape index (κ1) is 14.8. The third kappa shape index (κ3) is 2.12. The summed E-state index contributed by atoms with van der Waals surface area (Å²) in [6.07, 6.45) is 4.29. The molecule has 2 aliphatic rings. The number of hydrogen-bond acceptors (Lipinski definition) is 2. The highest BCUT2D eigenvalue weighted by molar-refractivity contribution is 5.48. The quantitative estimate of drug-likeness (QED) is 0.919. The summed E-state index contributed by atoms with van der Waals surface area (Å²) >= 11 is 0. The molecule has 2 aromatic rings. The fourth-order valence-electron chi connectivity index (χ4n) is 4.88. The summed E-state index contributed by atoms with van der Waals surface area (Å²) in [5.74, 6) is 1.47. The SMILES string of the molecule is CC[C@@]12Cc3ccccc3CC(Cc3ccc(OC)cc31)C2N. The molecule has 0 aromatic heterocycles. The summed E-state index contributed by atoms with van der Waals surface area (Å²) in [6.45, 7) is 2.29. The Balaban J connectivity index is 1.94. The number of hydrogen-bond donors (Lipinski definition) is 1. The smallest absolute Gasteiger partial charge is 0.119 e. The van der Waals surface area contributed by atoms with E-state index < -0.39 is 0 Å². The van der Waals surface area contributed by atoms with Crippen molar-refractivity contribution in [2.24, 2.45) is 11.7 Å². The molecule has 2 nitrogen and oxygen atoms in total. The molecule has 0 aliphatic heterocycles. The Morgan fingerprint density at radius 1 is 1.09 bits per heavy atom. The van der Waals surface area contributed by atoms with Crippen molar-refractivity contribution in [2.45, 2.75) is 44.1 Å². The minimum absolute atomic E-state index is 0.0272. The van der Waals surface area contributed by atoms with Crippen LogP contribution in [0.15, 0.2) is 42.5 Å². The molecule has 0 heterocycles. The molecule has 0 spiro atoms. The number of benzene rings is 2. The average molecular weight is 307 g/mol. The summed E-state index contributed by atoms with van der Waals surface area (Å²) in [5.41, 5.74) is 12.7. The van der Waals surface area contributed by atoms with Crippen LogP contribution in [0.2, 0.25) is 0 Å². The summed E-state index contributed by atoms with van der Waals surface area (Å²) in [5, 5.41) is 0. The molecular formula is C21H25NO. The lowest BCUT2D eigenvalue weighted by Crippen LogP contribution is -2.54. The van der Waals surface area contributed by atoms with Crippen molar-refractivity contribution in [3.63, 3.8) is 0 Å². The largest absolute Gasteiger partial charge is 0.497 e. The second kappa shape index (κ2) is 5.38. The lowest BCUT2D eigenvalue weighted by molar-refractivity contribution is 0.231. The molecule has 2 aromatic carbocycles. The zero-order chi connectivity index (χ0) is 16.0. The molecule has 2 bridgehead atoms. The molecule has 0 amide bonds. The van der Waals surface area contributed by atoms with Gasteiger partial charge in [-0.2, -0.15) is 0 Å². The van der Waals surface area contributed by atoms with Crippen molar-refractivity contribution in [2.75, 3.05) is 7.11 Å². The molecule has 0 saturated heterocycles. The van der Waals surface area contributed by atoms with Gasteiger partial charge in [0.25, 0.3) is 0 Å². The lowest BCUT2D eigenvalue weighted by Gasteiger charge is -2.46. The van der Waals surface area contributed by atoms with Gasteiger partial charge < -0.3 is 10.5 Å². The first-order chi connectivity index (χ1) is 11.2. The lowest BCUT2D eigenvalue weighted by atomic mass is 9.60. The van der Waals surface area contributed by atoms with E-state index in [1.165, 1.54) is 22.3 Å². The van der Waals surface area contributed by atoms with Crippen molar-refractivity contribution in [3.8, 4) is 5.75 Å². The number of methoxy groups -OCH3 is 1. The second-order valence-electron chi connectivity index (χ2n) is 7.17. The second-order valence-corrected chi connectivity index (χ2v) is 7.17. The van der Waals surface area contributed by atoms with Gasteiger partial charge in [0.2, 0.25) is 0 Å². The number of fused-ring (bicyclic) bond motifs is 5. The molecule has 2 N–H and O–H groups in total. The number of ether oxygens (including phenoxy) is 1. The Bertz CT molecular complexity index is 738. The van der Waals surface area contributed by atoms with Crippen LogP contribution in [0.25, 0.3) is 0 Å². The monoisotopic (exact) mass is 307 g/mol. The molecule has 120 valence electrons. The molecule has 2 aliphatic carbocycles. The maximum atomic E-state index is 6.87. The zero-order valence-electron chi connectivity index (χ0n) is 14.0. The highest BCUT2D eigenvalue weighted by Gasteiger charge is 2.47. The van der Waals surface area contributed by atoms with Gasteiger partial charge in [0, 0.05) is 11.5 Å². The minimum atomic E-state index is 0.0272. The Hall–Kier alpha value is -1.80. The molecule has 0 saturated carbocycles. The van der Waals surface area contributed by atoms with Crippen LogP contribution in [0.4, 0.5) is 0 Å². The van der Waals surface area contributed by atoms with Crippen LogP contribution in [0.1, 0.15) is 35.6 Å². The van der Waals surface area contributed by atoms with Gasteiger partial charge in [0.15, 0.2) is 0 Å². The average Bonchev–Trinajstić information content (AvgIpc) is 2.67. The molecule has 3 atom stereocenters. The van der Waals surface area contributed by atoms with E-state index in [4.69, 9.17) is 10.5 Å². The topological polar surface area (TPSA) is 35.2 Å². The van der Waals surface area contributed by atoms with Crippen LogP contribution in [0, 0.1) is 5.92 Å². The number of rotatable bonds is 2. The Morgan fingerprint density at radius 2 is 1.83 bits per heavy atom. The zero-order valence-corrected chi connectivity index (χ0v) is 14.0. The van der Waals surface area contributed by atoms with Crippen molar-refractivity contribution < 1.29 is 4.74 Å². The maximum Gasteiger partial charge on any atom is 0.119 e. The van der Waals surface area contributed by atoms with Crippen molar-refractivity contribution in [1.29, 1.82) is 0 Å². The third-order valence-corrected chi connectivity index (χ3v) is 6.22. The van der Waals surface area contributed by atoms with E-state index in [2.05, 4.69) is 49.4 Å². The molecule has 2 heteroatoms. The van der Waals surface area contributed by atoms with Crippen molar-refractivity contribution >= 4 is 0 Å². The normalized spacial score (nSPS) is 28.5. The first-order valence-corrected chi connectivity index (χ1v) is 8.67. The Morgan fingerprint density at radius 3 is 2.57 bits per heavy atom. The summed E-state index contributed by atoms with van der Waals surface area (Å²) in [6, 6.07) is 15.7. The van der Waals surface area contributed by atoms with Crippen molar-refractivity contribution in [3.05, 3.63) is 64.7 Å². The van der Waals surface area contributed by atoms with Crippen LogP contribution in [0.5, 0.6) is 5.75 Å². The fourth-order valence-corrected chi connectivity index (χ4v) is 4.88. The van der Waals surface area contributed by atoms with E-state index in [1.807, 2.05) is 0 Å². The van der Waals surface area contributed by atoms with Crippen LogP contribution < -0.4 is 10.5 Å². The summed E-state index contributed by atoms with van der Waals surface area (Å²) in [4.78, 5) is 0. The third-order valence-electron chi connectivity index (χ3n) is 6.22. The van der Waals surface area contributed by atoms with Gasteiger partial charge >= 0.3 is 0 Å². The van der Waals surface area contributed by atoms with E-state index in [0.29, 0.717) is 5.92 Å². The van der Waals surface area contributed by atoms with Gasteiger partial charge in [-0.25, -0.2) is 0 Å². The molecular weight excluding hydrogens is 282 g/mol. The van der Waals surface area contributed by atoms with Gasteiger partial charge in [0.1, 0.15) is 5.75 Å². The van der Waals surface area contributed by atoms with Gasteiger partial charge in [-0.1, -0.05) is 37.3 Å². The fraction of sp³-hybridized carbons (Fsp3) is 0.429. The van der Waals surface area contributed by atoms with Gasteiger partial charge in [-0.05, 0) is 66.0 Å². The van der Waals surface area contributed by atoms with E-state index in [-0.39, 0.29) is 11.5 Å². The Kier molecular flexibility index (Phi) is 3.46. The van der Waals surface area contributed by atoms with Crippen molar-refractivity contribution in [1.82, 2.24) is 0 Å². The predicted octanol–water partition coefficient (Wildman–Crippen LogP) is 3.64. The highest BCUT2D eigenvalue weighted by atomic mass is 16.5. The standard InChI is InChI=1S/C21H25NO/c1-3-21-13-16-7-5-4-6-14(16)10-17(20(21)22)11-15-8-9-18(23-2)12-19(15)21/h4-9,12,17,20H,3,10-11,13,22H2,1-2H3/t17?,20?,21-/m1/s1. The molecule has 0 radical (unpaired) electrons. The maximum absolute atomic E-state index is 6.87. The van der Waals surface area contributed by atoms with E-state index in [9.17, 15) is 0 Å². The highest BCUT2D eigenvalue weighted by Crippen LogP contribution is 2.48. The first-order valence-electron chi connectivity index (χ1n) is 8.67. The number of nitrogens with two attached hydrogens (primary N) is 1. The van der Waals surface area contributed by atoms with Gasteiger partial charge in [-0.15, -0.1) is 0 Å². The molecule has 4 rings (SSSR count). The molecule has 23 heavy (non-hydrogen) atoms. The van der Waals surface area contributed by atoms with Gasteiger partial charge in [0.05, 0.1) is 7.11 Å². The summed E-state index contributed by atoms with van der Waals surface area (Å²) in [7, 11) is 1.74. The van der Waals surface area contributed by atoms with Crippen LogP contribution >= 0.6 is 0 Å². The van der Waals surface area contributed by atoms with Crippen LogP contribution in [-0.4, -0.2) is 13.2 Å². The Labute approximate surface area is 138 Å². The van der Waals surface area contributed by atoms with Gasteiger partial charge in [-0.3, -0.25) is 0 Å². The molecule has 2 unspecified atom stereocenters. The van der Waals surface area contributed by atoms with Crippen LogP contribution in [0.3, 0.4) is 0 Å². The minimum Gasteiger partial charge on any atom is -0.497 e. The molecule has 0 fully saturated rings. The predicted molar refractivity (Wildman–Crippen MR) is 94.0 cm³/mol. The van der Waals surface area contributed by atoms with E-state index in [1.54, 1.807) is 7.11 Å². The van der Waals surface area contributed by atoms with E-state index >= 15 is 0 Å². The summed E-state index contributed by atoms with van der Waals surface area (Å²) < 4.78 is 5.50. The van der Waals surface area contributed by atoms with E-state index in [0.717, 1.165) is 31.4 Å².